The van der Waals surface area contributed by atoms with Crippen LogP contribution in [0, 0.1) is 20.8 Å². The maximum absolute atomic E-state index is 12.6. The second-order valence-corrected chi connectivity index (χ2v) is 7.89. The smallest absolute Gasteiger partial charge is 0.341 e. The molecule has 8 heteroatoms. The number of amides is 1. The maximum atomic E-state index is 12.6. The molecule has 2 N–H and O–H groups in total. The first-order chi connectivity index (χ1) is 13.3. The third-order valence-corrected chi connectivity index (χ3v) is 5.50. The van der Waals surface area contributed by atoms with Crippen molar-refractivity contribution >= 4 is 40.5 Å². The molecule has 1 aromatic carbocycles. The van der Waals surface area contributed by atoms with Crippen LogP contribution in [0.2, 0.25) is 0 Å². The number of carbonyl (C=O) groups is 2. The fraction of sp³-hybridized carbons (Fsp3) is 0.450. The molecule has 0 saturated heterocycles. The van der Waals surface area contributed by atoms with Crippen molar-refractivity contribution < 1.29 is 24.2 Å². The Morgan fingerprint density at radius 3 is 2.71 bits per heavy atom. The number of ether oxygens (including phenoxy) is 2. The van der Waals surface area contributed by atoms with Gasteiger partial charge in [-0.05, 0) is 65.1 Å². The number of nitrogens with zero attached hydrogens (tertiary/aromatic N) is 1. The van der Waals surface area contributed by atoms with Gasteiger partial charge in [0.15, 0.2) is 18.1 Å². The molecule has 7 nitrogen and oxygen atoms in total. The molecule has 1 saturated carbocycles. The van der Waals surface area contributed by atoms with Crippen LogP contribution in [0.25, 0.3) is 6.08 Å². The number of rotatable bonds is 7. The van der Waals surface area contributed by atoms with Crippen LogP contribution in [-0.2, 0) is 9.59 Å². The molecule has 28 heavy (non-hydrogen) atoms. The Hall–Kier alpha value is -2.28. The highest BCUT2D eigenvalue weighted by atomic mass is 127. The van der Waals surface area contributed by atoms with Gasteiger partial charge in [-0.3, -0.25) is 4.79 Å². The predicted octanol–water partition coefficient (Wildman–Crippen LogP) is 3.37. The largest absolute Gasteiger partial charge is 0.493 e. The summed E-state index contributed by atoms with van der Waals surface area (Å²) in [5.74, 6) is -0.451. The third-order valence-electron chi connectivity index (χ3n) is 4.70. The first-order valence-electron chi connectivity index (χ1n) is 9.00. The van der Waals surface area contributed by atoms with E-state index in [0.29, 0.717) is 26.6 Å². The lowest BCUT2D eigenvalue weighted by Crippen LogP contribution is -2.41. The molecule has 150 valence electrons. The summed E-state index contributed by atoms with van der Waals surface area (Å²) in [5, 5.41) is 21.2. The molecule has 2 atom stereocenters. The molecule has 0 spiro atoms. The van der Waals surface area contributed by atoms with Crippen LogP contribution in [0.1, 0.15) is 38.2 Å². The van der Waals surface area contributed by atoms with E-state index in [9.17, 15) is 14.9 Å². The Bertz CT molecular complexity index is 816. The number of nitriles is 1. The van der Waals surface area contributed by atoms with Gasteiger partial charge in [-0.15, -0.1) is 0 Å². The van der Waals surface area contributed by atoms with Crippen molar-refractivity contribution in [1.29, 1.82) is 5.26 Å². The van der Waals surface area contributed by atoms with Crippen molar-refractivity contribution in [3.05, 3.63) is 26.8 Å². The van der Waals surface area contributed by atoms with Gasteiger partial charge in [0, 0.05) is 6.04 Å². The van der Waals surface area contributed by atoms with Crippen molar-refractivity contribution in [1.82, 2.24) is 5.32 Å². The topological polar surface area (TPSA) is 109 Å². The first kappa shape index (κ1) is 22.0. The number of carbonyl (C=O) groups excluding carboxylic acids is 1. The Balaban J connectivity index is 2.23. The molecule has 1 aliphatic rings. The van der Waals surface area contributed by atoms with Crippen molar-refractivity contribution in [2.45, 2.75) is 38.6 Å². The monoisotopic (exact) mass is 498 g/mol. The molecule has 0 unspecified atom stereocenters. The number of nitrogens with one attached hydrogen (secondary N) is 1. The van der Waals surface area contributed by atoms with E-state index >= 15 is 0 Å². The summed E-state index contributed by atoms with van der Waals surface area (Å²) in [6, 6.07) is 5.35. The quantitative estimate of drug-likeness (QED) is 0.339. The van der Waals surface area contributed by atoms with Gasteiger partial charge in [0.05, 0.1) is 10.7 Å². The number of methoxy groups -OCH3 is 1. The zero-order valence-corrected chi connectivity index (χ0v) is 18.0. The van der Waals surface area contributed by atoms with Crippen LogP contribution in [0.3, 0.4) is 0 Å². The zero-order chi connectivity index (χ0) is 20.7. The second kappa shape index (κ2) is 10.3. The molecule has 2 rings (SSSR count). The molecule has 1 aromatic rings. The van der Waals surface area contributed by atoms with E-state index in [1.165, 1.54) is 19.6 Å². The third kappa shape index (κ3) is 5.86. The van der Waals surface area contributed by atoms with Crippen LogP contribution in [-0.4, -0.2) is 36.7 Å². The van der Waals surface area contributed by atoms with Crippen LogP contribution in [0.15, 0.2) is 17.7 Å². The van der Waals surface area contributed by atoms with Gasteiger partial charge in [0.2, 0.25) is 0 Å². The fourth-order valence-corrected chi connectivity index (χ4v) is 3.97. The van der Waals surface area contributed by atoms with Gasteiger partial charge in [-0.25, -0.2) is 4.79 Å². The highest BCUT2D eigenvalue weighted by Gasteiger charge is 2.24. The summed E-state index contributed by atoms with van der Waals surface area (Å²) >= 11 is 1.99. The Labute approximate surface area is 177 Å². The standard InChI is InChI=1S/C20H23IN2O5/c1-12-5-3-4-6-16(12)23-20(26)14(10-22)7-13-8-15(21)19(17(9-13)27-2)28-11-18(24)25/h7-9,12,16H,3-6,11H2,1-2H3,(H,23,26)(H,24,25)/b14-7+/t12-,16+/m1/s1. The van der Waals surface area contributed by atoms with Gasteiger partial charge < -0.3 is 19.9 Å². The molecular weight excluding hydrogens is 475 g/mol. The minimum absolute atomic E-state index is 0.00910. The number of carboxylic acid groups (broad SMARTS) is 1. The van der Waals surface area contributed by atoms with E-state index < -0.39 is 12.6 Å². The molecule has 0 bridgehead atoms. The lowest BCUT2D eigenvalue weighted by Gasteiger charge is -2.29. The Kier molecular flexibility index (Phi) is 8.11. The van der Waals surface area contributed by atoms with Gasteiger partial charge in [-0.1, -0.05) is 19.8 Å². The number of benzene rings is 1. The summed E-state index contributed by atoms with van der Waals surface area (Å²) in [6.07, 6.45) is 5.74. The molecule has 1 fully saturated rings. The summed E-state index contributed by atoms with van der Waals surface area (Å²) in [5.41, 5.74) is 0.599. The molecule has 0 radical (unpaired) electrons. The first-order valence-corrected chi connectivity index (χ1v) is 10.1. The van der Waals surface area contributed by atoms with E-state index in [-0.39, 0.29) is 17.5 Å². The zero-order valence-electron chi connectivity index (χ0n) is 15.8. The van der Waals surface area contributed by atoms with E-state index in [2.05, 4.69) is 12.2 Å². The van der Waals surface area contributed by atoms with Crippen LogP contribution in [0.5, 0.6) is 11.5 Å². The molecule has 1 amide bonds. The maximum Gasteiger partial charge on any atom is 0.341 e. The fourth-order valence-electron chi connectivity index (χ4n) is 3.19. The molecular formula is C20H23IN2O5. The normalized spacial score (nSPS) is 19.4. The Morgan fingerprint density at radius 2 is 2.11 bits per heavy atom. The van der Waals surface area contributed by atoms with E-state index in [4.69, 9.17) is 14.6 Å². The Morgan fingerprint density at radius 1 is 1.39 bits per heavy atom. The van der Waals surface area contributed by atoms with Gasteiger partial charge in [-0.2, -0.15) is 5.26 Å². The number of hydrogen-bond donors (Lipinski definition) is 2. The number of hydrogen-bond acceptors (Lipinski definition) is 5. The molecule has 0 aliphatic heterocycles. The van der Waals surface area contributed by atoms with Gasteiger partial charge in [0.25, 0.3) is 5.91 Å². The minimum Gasteiger partial charge on any atom is -0.493 e. The SMILES string of the molecule is COc1cc(/C=C(\C#N)C(=O)N[C@H]2CCCC[C@H]2C)cc(I)c1OCC(=O)O. The molecule has 0 heterocycles. The lowest BCUT2D eigenvalue weighted by atomic mass is 9.86. The molecule has 0 aromatic heterocycles. The van der Waals surface area contributed by atoms with Crippen molar-refractivity contribution in [3.63, 3.8) is 0 Å². The predicted molar refractivity (Wildman–Crippen MR) is 112 cm³/mol. The van der Waals surface area contributed by atoms with Crippen molar-refractivity contribution in [3.8, 4) is 17.6 Å². The van der Waals surface area contributed by atoms with Crippen LogP contribution >= 0.6 is 22.6 Å². The summed E-state index contributed by atoms with van der Waals surface area (Å²) < 4.78 is 11.2. The summed E-state index contributed by atoms with van der Waals surface area (Å²) in [7, 11) is 1.44. The number of carboxylic acids is 1. The van der Waals surface area contributed by atoms with Crippen LogP contribution < -0.4 is 14.8 Å². The number of aliphatic carboxylic acids is 1. The average Bonchev–Trinajstić information content (AvgIpc) is 2.66. The van der Waals surface area contributed by atoms with Crippen LogP contribution in [0.4, 0.5) is 0 Å². The van der Waals surface area contributed by atoms with Gasteiger partial charge in [0.1, 0.15) is 11.6 Å². The lowest BCUT2D eigenvalue weighted by molar-refractivity contribution is -0.139. The minimum atomic E-state index is -1.10. The summed E-state index contributed by atoms with van der Waals surface area (Å²) in [6.45, 7) is 1.62. The van der Waals surface area contributed by atoms with Crippen molar-refractivity contribution in [2.24, 2.45) is 5.92 Å². The van der Waals surface area contributed by atoms with Gasteiger partial charge >= 0.3 is 5.97 Å². The highest BCUT2D eigenvalue weighted by molar-refractivity contribution is 14.1. The van der Waals surface area contributed by atoms with E-state index in [1.807, 2.05) is 28.7 Å². The summed E-state index contributed by atoms with van der Waals surface area (Å²) in [4.78, 5) is 23.3. The molecule has 1 aliphatic carbocycles. The average molecular weight is 498 g/mol. The highest BCUT2D eigenvalue weighted by Crippen LogP contribution is 2.34. The van der Waals surface area contributed by atoms with Crippen molar-refractivity contribution in [2.75, 3.05) is 13.7 Å². The van der Waals surface area contributed by atoms with E-state index in [0.717, 1.165) is 19.3 Å². The number of halogens is 1. The van der Waals surface area contributed by atoms with E-state index in [1.54, 1.807) is 12.1 Å². The second-order valence-electron chi connectivity index (χ2n) is 6.73.